The van der Waals surface area contributed by atoms with E-state index in [1.165, 1.54) is 30.4 Å². The van der Waals surface area contributed by atoms with E-state index in [1.54, 1.807) is 0 Å². The Bertz CT molecular complexity index is 1170. The molecular formula is C37H51N3O3. The fourth-order valence-electron chi connectivity index (χ4n) is 8.32. The number of carbonyl (C=O) groups is 2. The molecule has 0 bridgehead atoms. The van der Waals surface area contributed by atoms with Gasteiger partial charge in [0.2, 0.25) is 5.91 Å². The number of rotatable bonds is 12. The summed E-state index contributed by atoms with van der Waals surface area (Å²) in [4.78, 5) is 33.3. The van der Waals surface area contributed by atoms with Crippen LogP contribution in [0.2, 0.25) is 0 Å². The summed E-state index contributed by atoms with van der Waals surface area (Å²) < 4.78 is 0. The zero-order chi connectivity index (χ0) is 29.6. The van der Waals surface area contributed by atoms with Crippen LogP contribution >= 0.6 is 0 Å². The summed E-state index contributed by atoms with van der Waals surface area (Å²) in [5.74, 6) is 1.44. The Hall–Kier alpha value is -2.70. The van der Waals surface area contributed by atoms with Crippen LogP contribution in [0.15, 0.2) is 60.7 Å². The molecule has 2 aliphatic heterocycles. The molecule has 1 amide bonds. The van der Waals surface area contributed by atoms with Crippen LogP contribution in [-0.4, -0.2) is 83.0 Å². The van der Waals surface area contributed by atoms with E-state index in [1.807, 2.05) is 6.07 Å². The van der Waals surface area contributed by atoms with Crippen molar-refractivity contribution in [2.75, 3.05) is 39.3 Å². The lowest BCUT2D eigenvalue weighted by Crippen LogP contribution is -2.49. The normalized spacial score (nSPS) is 25.0. The molecule has 0 aromatic heterocycles. The van der Waals surface area contributed by atoms with Crippen molar-refractivity contribution in [1.29, 1.82) is 0 Å². The van der Waals surface area contributed by atoms with E-state index >= 15 is 0 Å². The highest BCUT2D eigenvalue weighted by molar-refractivity contribution is 5.77. The number of carboxylic acids is 1. The molecule has 2 heterocycles. The molecule has 2 saturated carbocycles. The van der Waals surface area contributed by atoms with Gasteiger partial charge in [-0.25, -0.2) is 0 Å². The number of hydrogen-bond donors (Lipinski definition) is 1. The lowest BCUT2D eigenvalue weighted by Gasteiger charge is -2.40. The summed E-state index contributed by atoms with van der Waals surface area (Å²) in [7, 11) is 0. The van der Waals surface area contributed by atoms with Crippen LogP contribution < -0.4 is 0 Å². The number of nitrogens with zero attached hydrogens (tertiary/aromatic N) is 3. The number of hydrogen-bond acceptors (Lipinski definition) is 4. The first-order valence-electron chi connectivity index (χ1n) is 17.1. The molecule has 4 fully saturated rings. The molecule has 4 aliphatic rings. The van der Waals surface area contributed by atoms with Gasteiger partial charge in [0.15, 0.2) is 0 Å². The van der Waals surface area contributed by atoms with E-state index in [0.29, 0.717) is 36.1 Å². The Morgan fingerprint density at radius 2 is 1.51 bits per heavy atom. The minimum Gasteiger partial charge on any atom is -0.480 e. The van der Waals surface area contributed by atoms with Crippen LogP contribution in [0, 0.1) is 17.8 Å². The van der Waals surface area contributed by atoms with Gasteiger partial charge in [-0.2, -0.15) is 0 Å². The summed E-state index contributed by atoms with van der Waals surface area (Å²) in [5, 5.41) is 10.4. The van der Waals surface area contributed by atoms with E-state index in [2.05, 4.69) is 69.3 Å². The number of piperidine rings is 1. The minimum absolute atomic E-state index is 0.272. The van der Waals surface area contributed by atoms with Crippen molar-refractivity contribution in [3.05, 3.63) is 71.8 Å². The fourth-order valence-corrected chi connectivity index (χ4v) is 8.32. The molecule has 6 rings (SSSR count). The van der Waals surface area contributed by atoms with E-state index in [0.717, 1.165) is 84.2 Å². The van der Waals surface area contributed by atoms with Crippen molar-refractivity contribution in [3.8, 4) is 0 Å². The Morgan fingerprint density at radius 3 is 2.16 bits per heavy atom. The number of carboxylic acid groups (broad SMARTS) is 1. The van der Waals surface area contributed by atoms with E-state index in [4.69, 9.17) is 0 Å². The second-order valence-electron chi connectivity index (χ2n) is 13.9. The second kappa shape index (κ2) is 14.4. The molecule has 6 nitrogen and oxygen atoms in total. The van der Waals surface area contributed by atoms with Gasteiger partial charge in [0.25, 0.3) is 0 Å². The SMILES string of the molecule is O=C(O)[C@@H](C1CCCCC1)N1C[C@H](CN2CCC(N(CC3CC3)C(=O)CCc3ccccc3)CC2)[C@@H](c2ccccc2)C1. The Kier molecular flexibility index (Phi) is 10.1. The molecule has 2 aliphatic carbocycles. The van der Waals surface area contributed by atoms with Crippen molar-refractivity contribution < 1.29 is 14.7 Å². The number of aliphatic carboxylic acids is 1. The molecule has 43 heavy (non-hydrogen) atoms. The van der Waals surface area contributed by atoms with Crippen LogP contribution in [0.3, 0.4) is 0 Å². The molecule has 232 valence electrons. The predicted octanol–water partition coefficient (Wildman–Crippen LogP) is 6.07. The van der Waals surface area contributed by atoms with Crippen LogP contribution in [0.4, 0.5) is 0 Å². The van der Waals surface area contributed by atoms with Gasteiger partial charge in [0.1, 0.15) is 6.04 Å². The van der Waals surface area contributed by atoms with Gasteiger partial charge in [0.05, 0.1) is 0 Å². The molecular weight excluding hydrogens is 534 g/mol. The molecule has 1 N–H and O–H groups in total. The van der Waals surface area contributed by atoms with Crippen molar-refractivity contribution in [2.45, 2.75) is 88.6 Å². The summed E-state index contributed by atoms with van der Waals surface area (Å²) in [6, 6.07) is 21.2. The van der Waals surface area contributed by atoms with Gasteiger partial charge in [0, 0.05) is 57.6 Å². The number of likely N-dealkylation sites (tertiary alicyclic amines) is 2. The van der Waals surface area contributed by atoms with E-state index in [-0.39, 0.29) is 12.0 Å². The van der Waals surface area contributed by atoms with E-state index in [9.17, 15) is 14.7 Å². The van der Waals surface area contributed by atoms with E-state index < -0.39 is 5.97 Å². The number of amides is 1. The number of aryl methyl sites for hydroxylation is 1. The predicted molar refractivity (Wildman–Crippen MR) is 171 cm³/mol. The maximum Gasteiger partial charge on any atom is 0.321 e. The van der Waals surface area contributed by atoms with Gasteiger partial charge in [-0.15, -0.1) is 0 Å². The standard InChI is InChI=1S/C37H51N3O3/c41-35(19-18-28-10-4-1-5-11-28)40(24-29-16-17-29)33-20-22-38(23-21-33)25-32-26-39(27-34(32)30-12-6-2-7-13-30)36(37(42)43)31-14-8-3-9-15-31/h1-2,4-7,10-13,29,31-34,36H,3,8-9,14-27H2,(H,42,43)/t32-,34+,36+/m0/s1. The van der Waals surface area contributed by atoms with Gasteiger partial charge in [-0.1, -0.05) is 79.9 Å². The maximum absolute atomic E-state index is 13.5. The molecule has 6 heteroatoms. The van der Waals surface area contributed by atoms with Crippen LogP contribution in [-0.2, 0) is 16.0 Å². The highest BCUT2D eigenvalue weighted by atomic mass is 16.4. The van der Waals surface area contributed by atoms with Crippen molar-refractivity contribution >= 4 is 11.9 Å². The van der Waals surface area contributed by atoms with Crippen LogP contribution in [0.1, 0.15) is 81.3 Å². The number of carbonyl (C=O) groups excluding carboxylic acids is 1. The van der Waals surface area contributed by atoms with Gasteiger partial charge >= 0.3 is 5.97 Å². The van der Waals surface area contributed by atoms with Crippen molar-refractivity contribution in [3.63, 3.8) is 0 Å². The summed E-state index contributed by atoms with van der Waals surface area (Å²) >= 11 is 0. The third-order valence-corrected chi connectivity index (χ3v) is 10.9. The Labute approximate surface area is 258 Å². The third kappa shape index (κ3) is 7.88. The average molecular weight is 586 g/mol. The Balaban J connectivity index is 1.08. The minimum atomic E-state index is -0.632. The largest absolute Gasteiger partial charge is 0.480 e. The van der Waals surface area contributed by atoms with Crippen molar-refractivity contribution in [1.82, 2.24) is 14.7 Å². The first kappa shape index (κ1) is 30.3. The summed E-state index contributed by atoms with van der Waals surface area (Å²) in [6.07, 6.45) is 11.7. The van der Waals surface area contributed by atoms with Gasteiger partial charge in [-0.3, -0.25) is 14.5 Å². The topological polar surface area (TPSA) is 64.1 Å². The monoisotopic (exact) mass is 585 g/mol. The quantitative estimate of drug-likeness (QED) is 0.328. The Morgan fingerprint density at radius 1 is 0.837 bits per heavy atom. The van der Waals surface area contributed by atoms with Crippen LogP contribution in [0.25, 0.3) is 0 Å². The fraction of sp³-hybridized carbons (Fsp3) is 0.622. The van der Waals surface area contributed by atoms with Crippen molar-refractivity contribution in [2.24, 2.45) is 17.8 Å². The lowest BCUT2D eigenvalue weighted by molar-refractivity contribution is -0.145. The summed E-state index contributed by atoms with van der Waals surface area (Å²) in [5.41, 5.74) is 2.58. The molecule has 2 saturated heterocycles. The summed E-state index contributed by atoms with van der Waals surface area (Å²) in [6.45, 7) is 5.66. The number of benzene rings is 2. The zero-order valence-corrected chi connectivity index (χ0v) is 25.9. The molecule has 3 atom stereocenters. The second-order valence-corrected chi connectivity index (χ2v) is 13.9. The maximum atomic E-state index is 13.5. The van der Waals surface area contributed by atoms with Gasteiger partial charge in [-0.05, 0) is 73.8 Å². The highest BCUT2D eigenvalue weighted by Gasteiger charge is 2.43. The first-order valence-corrected chi connectivity index (χ1v) is 17.1. The smallest absolute Gasteiger partial charge is 0.321 e. The molecule has 0 radical (unpaired) electrons. The molecule has 0 unspecified atom stereocenters. The third-order valence-electron chi connectivity index (χ3n) is 10.9. The molecule has 2 aromatic carbocycles. The lowest BCUT2D eigenvalue weighted by atomic mass is 9.83. The first-order chi connectivity index (χ1) is 21.0. The highest BCUT2D eigenvalue weighted by Crippen LogP contribution is 2.39. The molecule has 2 aromatic rings. The van der Waals surface area contributed by atoms with Gasteiger partial charge < -0.3 is 14.9 Å². The van der Waals surface area contributed by atoms with Crippen LogP contribution in [0.5, 0.6) is 0 Å². The molecule has 0 spiro atoms. The average Bonchev–Trinajstić information content (AvgIpc) is 3.78. The zero-order valence-electron chi connectivity index (χ0n) is 25.9.